The van der Waals surface area contributed by atoms with E-state index in [4.69, 9.17) is 4.74 Å². The molecule has 6 nitrogen and oxygen atoms in total. The van der Waals surface area contributed by atoms with Crippen molar-refractivity contribution in [3.05, 3.63) is 29.3 Å². The van der Waals surface area contributed by atoms with Gasteiger partial charge in [-0.3, -0.25) is 4.90 Å². The lowest BCUT2D eigenvalue weighted by atomic mass is 9.93. The van der Waals surface area contributed by atoms with Crippen molar-refractivity contribution in [2.75, 3.05) is 18.9 Å². The molecule has 1 N–H and O–H groups in total. The molecule has 1 heterocycles. The molecule has 1 aromatic carbocycles. The summed E-state index contributed by atoms with van der Waals surface area (Å²) in [6.07, 6.45) is 0.0514. The Morgan fingerprint density at radius 1 is 1.38 bits per heavy atom. The zero-order valence-electron chi connectivity index (χ0n) is 14.6. The quantitative estimate of drug-likeness (QED) is 0.899. The zero-order chi connectivity index (χ0) is 18.1. The molecule has 2 rings (SSSR count). The van der Waals surface area contributed by atoms with Crippen molar-refractivity contribution in [3.63, 3.8) is 0 Å². The monoisotopic (exact) mass is 355 g/mol. The number of nitrogens with zero attached hydrogens (tertiary/aromatic N) is 1. The molecule has 0 aliphatic carbocycles. The molecule has 0 radical (unpaired) electrons. The predicted molar refractivity (Wildman–Crippen MR) is 90.6 cm³/mol. The Bertz CT molecular complexity index is 721. The number of aliphatic hydroxyl groups excluding tert-OH is 1. The van der Waals surface area contributed by atoms with Crippen LogP contribution >= 0.6 is 0 Å². The first kappa shape index (κ1) is 18.7. The van der Waals surface area contributed by atoms with Crippen LogP contribution in [0.5, 0.6) is 0 Å². The third-order valence-electron chi connectivity index (χ3n) is 4.01. The van der Waals surface area contributed by atoms with Crippen LogP contribution < -0.4 is 0 Å². The number of benzene rings is 1. The first-order chi connectivity index (χ1) is 11.1. The number of carbonyl (C=O) groups is 1. The molecular formula is C17H25NO5S. The molecular weight excluding hydrogens is 330 g/mol. The fourth-order valence-electron chi connectivity index (χ4n) is 2.78. The average molecular weight is 355 g/mol. The molecule has 0 saturated heterocycles. The Kier molecular flexibility index (Phi) is 5.25. The number of amides is 1. The second kappa shape index (κ2) is 6.72. The summed E-state index contributed by atoms with van der Waals surface area (Å²) >= 11 is 0. The van der Waals surface area contributed by atoms with Crippen LogP contribution in [-0.4, -0.2) is 49.0 Å². The van der Waals surface area contributed by atoms with Crippen LogP contribution in [0.15, 0.2) is 23.1 Å². The molecule has 1 unspecified atom stereocenters. The highest BCUT2D eigenvalue weighted by Gasteiger charge is 2.33. The number of aliphatic hydroxyl groups is 1. The number of fused-ring (bicyclic) bond motifs is 1. The average Bonchev–Trinajstić information content (AvgIpc) is 2.51. The van der Waals surface area contributed by atoms with Crippen molar-refractivity contribution in [2.45, 2.75) is 50.7 Å². The molecule has 0 spiro atoms. The molecule has 0 fully saturated rings. The predicted octanol–water partition coefficient (Wildman–Crippen LogP) is 2.31. The molecule has 134 valence electrons. The van der Waals surface area contributed by atoms with E-state index < -0.39 is 27.6 Å². The van der Waals surface area contributed by atoms with Crippen molar-refractivity contribution >= 4 is 15.9 Å². The molecule has 0 bridgehead atoms. The highest BCUT2D eigenvalue weighted by atomic mass is 32.2. The number of rotatable bonds is 3. The Balaban J connectivity index is 2.34. The van der Waals surface area contributed by atoms with Crippen molar-refractivity contribution in [2.24, 2.45) is 0 Å². The lowest BCUT2D eigenvalue weighted by molar-refractivity contribution is 0.00692. The number of carbonyl (C=O) groups excluding carboxylic acids is 1. The molecule has 1 aliphatic heterocycles. The summed E-state index contributed by atoms with van der Waals surface area (Å²) in [6, 6.07) is 4.36. The Morgan fingerprint density at radius 3 is 2.58 bits per heavy atom. The summed E-state index contributed by atoms with van der Waals surface area (Å²) in [6.45, 7) is 7.11. The van der Waals surface area contributed by atoms with E-state index >= 15 is 0 Å². The molecule has 24 heavy (non-hydrogen) atoms. The van der Waals surface area contributed by atoms with E-state index in [1.807, 2.05) is 0 Å². The zero-order valence-corrected chi connectivity index (χ0v) is 15.4. The van der Waals surface area contributed by atoms with E-state index in [1.54, 1.807) is 45.9 Å². The van der Waals surface area contributed by atoms with Crippen LogP contribution in [0.25, 0.3) is 0 Å². The molecule has 1 aromatic rings. The van der Waals surface area contributed by atoms with E-state index in [0.717, 1.165) is 11.1 Å². The third-order valence-corrected chi connectivity index (χ3v) is 5.74. The standard InChI is InChI=1S/C17H25NO5S/c1-5-24(21,22)13-6-7-14-12(10-13)8-9-18(15(14)11-19)16(20)23-17(2,3)4/h6-7,10,15,19H,5,8-9,11H2,1-4H3. The van der Waals surface area contributed by atoms with E-state index in [-0.39, 0.29) is 17.3 Å². The lowest BCUT2D eigenvalue weighted by Crippen LogP contribution is -2.44. The van der Waals surface area contributed by atoms with Gasteiger partial charge in [0.2, 0.25) is 0 Å². The Hall–Kier alpha value is -1.60. The van der Waals surface area contributed by atoms with Crippen LogP contribution in [0.4, 0.5) is 4.79 Å². The van der Waals surface area contributed by atoms with Crippen LogP contribution in [-0.2, 0) is 21.0 Å². The van der Waals surface area contributed by atoms with Crippen LogP contribution in [0.3, 0.4) is 0 Å². The van der Waals surface area contributed by atoms with Gasteiger partial charge in [-0.05, 0) is 50.5 Å². The number of sulfone groups is 1. The van der Waals surface area contributed by atoms with Gasteiger partial charge in [-0.2, -0.15) is 0 Å². The molecule has 1 atom stereocenters. The van der Waals surface area contributed by atoms with E-state index in [0.29, 0.717) is 13.0 Å². The van der Waals surface area contributed by atoms with Gasteiger partial charge < -0.3 is 9.84 Å². The normalized spacial score (nSPS) is 18.2. The number of hydrogen-bond donors (Lipinski definition) is 1. The summed E-state index contributed by atoms with van der Waals surface area (Å²) in [5, 5.41) is 9.76. The van der Waals surface area contributed by atoms with Gasteiger partial charge in [0.25, 0.3) is 0 Å². The van der Waals surface area contributed by atoms with Crippen molar-refractivity contribution in [1.82, 2.24) is 4.90 Å². The minimum Gasteiger partial charge on any atom is -0.444 e. The highest BCUT2D eigenvalue weighted by Crippen LogP contribution is 2.32. The first-order valence-corrected chi connectivity index (χ1v) is 9.70. The minimum absolute atomic E-state index is 0.0409. The smallest absolute Gasteiger partial charge is 0.410 e. The first-order valence-electron chi connectivity index (χ1n) is 8.05. The van der Waals surface area contributed by atoms with Gasteiger partial charge in [-0.1, -0.05) is 13.0 Å². The van der Waals surface area contributed by atoms with E-state index in [2.05, 4.69) is 0 Å². The third kappa shape index (κ3) is 3.89. The summed E-state index contributed by atoms with van der Waals surface area (Å²) in [4.78, 5) is 14.1. The van der Waals surface area contributed by atoms with Gasteiger partial charge in [0.05, 0.1) is 23.3 Å². The SMILES string of the molecule is CCS(=O)(=O)c1ccc2c(c1)CCN(C(=O)OC(C)(C)C)C2CO. The Morgan fingerprint density at radius 2 is 2.04 bits per heavy atom. The van der Waals surface area contributed by atoms with Crippen molar-refractivity contribution in [3.8, 4) is 0 Å². The van der Waals surface area contributed by atoms with Crippen LogP contribution in [0.1, 0.15) is 44.9 Å². The van der Waals surface area contributed by atoms with Gasteiger partial charge in [-0.15, -0.1) is 0 Å². The molecule has 1 amide bonds. The second-order valence-corrected chi connectivity index (χ2v) is 9.16. The van der Waals surface area contributed by atoms with Gasteiger partial charge in [0.1, 0.15) is 5.60 Å². The largest absolute Gasteiger partial charge is 0.444 e. The summed E-state index contributed by atoms with van der Waals surface area (Å²) < 4.78 is 29.5. The second-order valence-electron chi connectivity index (χ2n) is 6.89. The molecule has 7 heteroatoms. The van der Waals surface area contributed by atoms with Gasteiger partial charge >= 0.3 is 6.09 Å². The Labute approximate surface area is 143 Å². The van der Waals surface area contributed by atoms with Crippen LogP contribution in [0, 0.1) is 0 Å². The highest BCUT2D eigenvalue weighted by molar-refractivity contribution is 7.91. The van der Waals surface area contributed by atoms with Crippen LogP contribution in [0.2, 0.25) is 0 Å². The molecule has 1 aliphatic rings. The van der Waals surface area contributed by atoms with E-state index in [1.165, 1.54) is 4.90 Å². The number of ether oxygens (including phenoxy) is 1. The summed E-state index contributed by atoms with van der Waals surface area (Å²) in [5.74, 6) is 0.0409. The van der Waals surface area contributed by atoms with Crippen molar-refractivity contribution in [1.29, 1.82) is 0 Å². The summed E-state index contributed by atoms with van der Waals surface area (Å²) in [7, 11) is -3.28. The molecule has 0 saturated carbocycles. The fraction of sp³-hybridized carbons (Fsp3) is 0.588. The van der Waals surface area contributed by atoms with E-state index in [9.17, 15) is 18.3 Å². The maximum absolute atomic E-state index is 12.4. The fourth-order valence-corrected chi connectivity index (χ4v) is 3.71. The molecule has 0 aromatic heterocycles. The van der Waals surface area contributed by atoms with Gasteiger partial charge in [0.15, 0.2) is 9.84 Å². The number of hydrogen-bond acceptors (Lipinski definition) is 5. The maximum atomic E-state index is 12.4. The van der Waals surface area contributed by atoms with Gasteiger partial charge in [0, 0.05) is 6.54 Å². The van der Waals surface area contributed by atoms with Gasteiger partial charge in [-0.25, -0.2) is 13.2 Å². The van der Waals surface area contributed by atoms with Crippen molar-refractivity contribution < 1.29 is 23.1 Å². The lowest BCUT2D eigenvalue weighted by Gasteiger charge is -2.37. The topological polar surface area (TPSA) is 83.9 Å². The summed E-state index contributed by atoms with van der Waals surface area (Å²) in [5.41, 5.74) is 1.00. The maximum Gasteiger partial charge on any atom is 0.410 e. The minimum atomic E-state index is -3.28.